The third-order valence-electron chi connectivity index (χ3n) is 3.72. The molecule has 0 unspecified atom stereocenters. The van der Waals surface area contributed by atoms with Crippen molar-refractivity contribution in [2.45, 2.75) is 23.6 Å². The van der Waals surface area contributed by atoms with E-state index in [1.54, 1.807) is 6.92 Å². The molecule has 4 nitrogen and oxygen atoms in total. The van der Waals surface area contributed by atoms with Gasteiger partial charge in [0, 0.05) is 11.3 Å². The summed E-state index contributed by atoms with van der Waals surface area (Å²) >= 11 is 1.01. The molecule has 1 amide bonds. The number of thioether (sulfide) groups is 1. The Morgan fingerprint density at radius 3 is 2.57 bits per heavy atom. The molecule has 0 aliphatic rings. The van der Waals surface area contributed by atoms with E-state index >= 15 is 0 Å². The zero-order chi connectivity index (χ0) is 20.3. The van der Waals surface area contributed by atoms with E-state index in [2.05, 4.69) is 10.3 Å². The smallest absolute Gasteiger partial charge is 0.416 e. The molecule has 28 heavy (non-hydrogen) atoms. The largest absolute Gasteiger partial charge is 0.431 e. The molecule has 0 aliphatic heterocycles. The standard InChI is InChI=1S/C19H14F4N2O2S/c1-11(17(26)25-15-4-2-3-13(9-15)19(21,22)23)28-18-24-10-16(27-18)12-5-7-14(20)8-6-12/h2-11H,1H3,(H,25,26)/t11-/m1/s1. The summed E-state index contributed by atoms with van der Waals surface area (Å²) in [5.41, 5.74) is -0.171. The Morgan fingerprint density at radius 2 is 1.89 bits per heavy atom. The van der Waals surface area contributed by atoms with Crippen LogP contribution in [-0.4, -0.2) is 16.1 Å². The zero-order valence-electron chi connectivity index (χ0n) is 14.5. The number of alkyl halides is 3. The summed E-state index contributed by atoms with van der Waals surface area (Å²) in [6.07, 6.45) is -3.04. The van der Waals surface area contributed by atoms with Crippen LogP contribution in [0.1, 0.15) is 12.5 Å². The number of halogens is 4. The number of rotatable bonds is 5. The first-order valence-electron chi connectivity index (χ1n) is 8.09. The quantitative estimate of drug-likeness (QED) is 0.438. The average molecular weight is 410 g/mol. The highest BCUT2D eigenvalue weighted by atomic mass is 32.2. The Morgan fingerprint density at radius 1 is 1.18 bits per heavy atom. The van der Waals surface area contributed by atoms with Crippen LogP contribution in [0.15, 0.2) is 64.4 Å². The number of benzene rings is 2. The Hall–Kier alpha value is -2.81. The monoisotopic (exact) mass is 410 g/mol. The highest BCUT2D eigenvalue weighted by Gasteiger charge is 2.30. The van der Waals surface area contributed by atoms with Gasteiger partial charge in [-0.3, -0.25) is 4.79 Å². The van der Waals surface area contributed by atoms with Gasteiger partial charge in [0.2, 0.25) is 5.91 Å². The van der Waals surface area contributed by atoms with Crippen molar-refractivity contribution in [1.29, 1.82) is 0 Å². The van der Waals surface area contributed by atoms with Crippen LogP contribution in [0, 0.1) is 5.82 Å². The van der Waals surface area contributed by atoms with E-state index in [0.29, 0.717) is 11.3 Å². The van der Waals surface area contributed by atoms with Gasteiger partial charge in [-0.1, -0.05) is 17.8 Å². The van der Waals surface area contributed by atoms with Crippen molar-refractivity contribution < 1.29 is 26.8 Å². The molecule has 9 heteroatoms. The van der Waals surface area contributed by atoms with E-state index in [-0.39, 0.29) is 16.7 Å². The molecule has 146 valence electrons. The number of aromatic nitrogens is 1. The maximum absolute atomic E-state index is 13.0. The van der Waals surface area contributed by atoms with E-state index < -0.39 is 22.9 Å². The van der Waals surface area contributed by atoms with Crippen molar-refractivity contribution in [3.8, 4) is 11.3 Å². The van der Waals surface area contributed by atoms with Crippen molar-refractivity contribution in [2.75, 3.05) is 5.32 Å². The minimum Gasteiger partial charge on any atom is -0.431 e. The zero-order valence-corrected chi connectivity index (χ0v) is 15.3. The predicted molar refractivity (Wildman–Crippen MR) is 97.3 cm³/mol. The van der Waals surface area contributed by atoms with E-state index in [0.717, 1.165) is 23.9 Å². The van der Waals surface area contributed by atoms with Crippen LogP contribution < -0.4 is 5.32 Å². The van der Waals surface area contributed by atoms with E-state index in [1.165, 1.54) is 42.6 Å². The van der Waals surface area contributed by atoms with Gasteiger partial charge in [0.1, 0.15) is 5.82 Å². The maximum Gasteiger partial charge on any atom is 0.416 e. The number of nitrogens with one attached hydrogen (secondary N) is 1. The lowest BCUT2D eigenvalue weighted by molar-refractivity contribution is -0.137. The number of oxazole rings is 1. The van der Waals surface area contributed by atoms with Crippen LogP contribution >= 0.6 is 11.8 Å². The molecule has 3 aromatic rings. The number of nitrogens with zero attached hydrogens (tertiary/aromatic N) is 1. The van der Waals surface area contributed by atoms with Gasteiger partial charge in [-0.2, -0.15) is 13.2 Å². The van der Waals surface area contributed by atoms with Gasteiger partial charge in [0.05, 0.1) is 17.0 Å². The summed E-state index contributed by atoms with van der Waals surface area (Å²) in [6.45, 7) is 1.58. The molecule has 2 aromatic carbocycles. The number of amides is 1. The van der Waals surface area contributed by atoms with Gasteiger partial charge >= 0.3 is 6.18 Å². The molecule has 0 saturated carbocycles. The van der Waals surface area contributed by atoms with Crippen LogP contribution in [0.5, 0.6) is 0 Å². The molecule has 0 radical (unpaired) electrons. The lowest BCUT2D eigenvalue weighted by atomic mass is 10.2. The van der Waals surface area contributed by atoms with E-state index in [1.807, 2.05) is 0 Å². The molecule has 1 atom stereocenters. The molecule has 0 bridgehead atoms. The second-order valence-corrected chi connectivity index (χ2v) is 7.12. The summed E-state index contributed by atoms with van der Waals surface area (Å²) in [6, 6.07) is 10.0. The summed E-state index contributed by atoms with van der Waals surface area (Å²) in [5.74, 6) is -0.461. The Bertz CT molecular complexity index is 971. The molecule has 3 rings (SSSR count). The third-order valence-corrected chi connectivity index (χ3v) is 4.68. The molecule has 0 spiro atoms. The molecule has 0 fully saturated rings. The summed E-state index contributed by atoms with van der Waals surface area (Å²) in [7, 11) is 0. The molecule has 1 heterocycles. The van der Waals surface area contributed by atoms with E-state index in [4.69, 9.17) is 4.42 Å². The minimum absolute atomic E-state index is 0.0479. The normalized spacial score (nSPS) is 12.6. The molecule has 1 N–H and O–H groups in total. The number of carbonyl (C=O) groups excluding carboxylic acids is 1. The highest BCUT2D eigenvalue weighted by molar-refractivity contribution is 8.00. The molecule has 0 aliphatic carbocycles. The van der Waals surface area contributed by atoms with Crippen LogP contribution in [0.4, 0.5) is 23.2 Å². The molecular formula is C19H14F4N2O2S. The van der Waals surface area contributed by atoms with Gasteiger partial charge in [-0.05, 0) is 49.4 Å². The molecule has 1 aromatic heterocycles. The minimum atomic E-state index is -4.49. The van der Waals surface area contributed by atoms with Crippen molar-refractivity contribution >= 4 is 23.4 Å². The fraction of sp³-hybridized carbons (Fsp3) is 0.158. The number of carbonyl (C=O) groups is 1. The van der Waals surface area contributed by atoms with Crippen LogP contribution in [-0.2, 0) is 11.0 Å². The van der Waals surface area contributed by atoms with Crippen molar-refractivity contribution in [3.63, 3.8) is 0 Å². The number of hydrogen-bond acceptors (Lipinski definition) is 4. The summed E-state index contributed by atoms with van der Waals surface area (Å²) < 4.78 is 56.8. The lowest BCUT2D eigenvalue weighted by Crippen LogP contribution is -2.22. The van der Waals surface area contributed by atoms with Crippen molar-refractivity contribution in [1.82, 2.24) is 4.98 Å². The number of anilines is 1. The Kier molecular flexibility index (Phi) is 5.73. The Labute approximate surface area is 162 Å². The number of hydrogen-bond donors (Lipinski definition) is 1. The summed E-state index contributed by atoms with van der Waals surface area (Å²) in [5, 5.41) is 1.99. The maximum atomic E-state index is 13.0. The summed E-state index contributed by atoms with van der Waals surface area (Å²) in [4.78, 5) is 16.3. The van der Waals surface area contributed by atoms with Crippen molar-refractivity contribution in [3.05, 3.63) is 66.1 Å². The van der Waals surface area contributed by atoms with Gasteiger partial charge in [-0.15, -0.1) is 0 Å². The average Bonchev–Trinajstić information content (AvgIpc) is 3.10. The predicted octanol–water partition coefficient (Wildman–Crippen LogP) is 5.62. The van der Waals surface area contributed by atoms with Gasteiger partial charge in [-0.25, -0.2) is 9.37 Å². The highest BCUT2D eigenvalue weighted by Crippen LogP contribution is 2.31. The Balaban J connectivity index is 1.64. The molecule has 0 saturated heterocycles. The second kappa shape index (κ2) is 8.05. The fourth-order valence-electron chi connectivity index (χ4n) is 2.28. The van der Waals surface area contributed by atoms with Gasteiger partial charge in [0.15, 0.2) is 5.76 Å². The SMILES string of the molecule is C[C@@H](Sc1ncc(-c2ccc(F)cc2)o1)C(=O)Nc1cccc(C(F)(F)F)c1. The van der Waals surface area contributed by atoms with Gasteiger partial charge < -0.3 is 9.73 Å². The molecular weight excluding hydrogens is 396 g/mol. The lowest BCUT2D eigenvalue weighted by Gasteiger charge is -2.12. The van der Waals surface area contributed by atoms with Crippen molar-refractivity contribution in [2.24, 2.45) is 0 Å². The van der Waals surface area contributed by atoms with E-state index in [9.17, 15) is 22.4 Å². The fourth-order valence-corrected chi connectivity index (χ4v) is 3.00. The third kappa shape index (κ3) is 4.92. The van der Waals surface area contributed by atoms with Gasteiger partial charge in [0.25, 0.3) is 5.22 Å². The topological polar surface area (TPSA) is 55.1 Å². The van der Waals surface area contributed by atoms with Crippen LogP contribution in [0.3, 0.4) is 0 Å². The van der Waals surface area contributed by atoms with Crippen LogP contribution in [0.25, 0.3) is 11.3 Å². The first-order valence-corrected chi connectivity index (χ1v) is 8.97. The first-order chi connectivity index (χ1) is 13.2. The first kappa shape index (κ1) is 19.9. The van der Waals surface area contributed by atoms with Crippen LogP contribution in [0.2, 0.25) is 0 Å². The second-order valence-electron chi connectivity index (χ2n) is 5.83.